The van der Waals surface area contributed by atoms with Crippen LogP contribution in [0.2, 0.25) is 0 Å². The fourth-order valence-electron chi connectivity index (χ4n) is 4.95. The van der Waals surface area contributed by atoms with Gasteiger partial charge in [-0.05, 0) is 41.5 Å². The summed E-state index contributed by atoms with van der Waals surface area (Å²) in [6.45, 7) is 2.92. The number of amides is 2. The van der Waals surface area contributed by atoms with E-state index in [-0.39, 0.29) is 31.5 Å². The number of hydrogen-bond acceptors (Lipinski definition) is 5. The Balaban J connectivity index is 1.37. The average molecular weight is 481 g/mol. The second-order valence-electron chi connectivity index (χ2n) is 9.23. The van der Waals surface area contributed by atoms with Crippen LogP contribution in [0.4, 0.5) is 4.79 Å². The van der Waals surface area contributed by atoms with Gasteiger partial charge in [0.1, 0.15) is 6.61 Å². The number of carbonyl (C=O) groups excluding carboxylic acids is 2. The Bertz CT molecular complexity index is 1030. The van der Waals surface area contributed by atoms with Gasteiger partial charge in [0, 0.05) is 32.2 Å². The van der Waals surface area contributed by atoms with Crippen LogP contribution < -0.4 is 10.6 Å². The summed E-state index contributed by atoms with van der Waals surface area (Å²) in [6, 6.07) is 16.3. The van der Waals surface area contributed by atoms with Crippen molar-refractivity contribution in [2.24, 2.45) is 11.3 Å². The van der Waals surface area contributed by atoms with Crippen molar-refractivity contribution >= 4 is 18.0 Å². The zero-order valence-electron chi connectivity index (χ0n) is 19.9. The number of carboxylic acids is 1. The lowest BCUT2D eigenvalue weighted by Gasteiger charge is -2.36. The summed E-state index contributed by atoms with van der Waals surface area (Å²) >= 11 is 0. The first-order chi connectivity index (χ1) is 16.9. The zero-order valence-corrected chi connectivity index (χ0v) is 19.9. The third-order valence-electron chi connectivity index (χ3n) is 7.20. The maximum Gasteiger partial charge on any atom is 0.407 e. The quantitative estimate of drug-likeness (QED) is 0.506. The second kappa shape index (κ2) is 10.9. The predicted octanol–water partition coefficient (Wildman–Crippen LogP) is 3.55. The summed E-state index contributed by atoms with van der Waals surface area (Å²) in [4.78, 5) is 37.0. The molecule has 1 aliphatic carbocycles. The van der Waals surface area contributed by atoms with Gasteiger partial charge >= 0.3 is 12.1 Å². The van der Waals surface area contributed by atoms with Crippen LogP contribution >= 0.6 is 0 Å². The van der Waals surface area contributed by atoms with Crippen LogP contribution in [0.25, 0.3) is 11.1 Å². The number of nitrogens with one attached hydrogen (secondary N) is 2. The fourth-order valence-corrected chi connectivity index (χ4v) is 4.95. The number of rotatable bonds is 9. The van der Waals surface area contributed by atoms with Crippen molar-refractivity contribution in [2.45, 2.75) is 32.1 Å². The highest BCUT2D eigenvalue weighted by Gasteiger charge is 2.41. The molecule has 3 N–H and O–H groups in total. The first-order valence-electron chi connectivity index (χ1n) is 12.1. The molecule has 1 atom stereocenters. The van der Waals surface area contributed by atoms with Crippen molar-refractivity contribution < 1.29 is 29.0 Å². The standard InChI is InChI=1S/C27H32N2O6/c1-2-18(24(30)31)15-28-25(32)27(11-13-34-14-12-27)17-29-26(33)35-16-23-21-9-5-3-7-19(21)20-8-4-6-10-22(20)23/h3-10,18,23H,2,11-17H2,1H3,(H,28,32)(H,29,33)(H,30,31). The van der Waals surface area contributed by atoms with Gasteiger partial charge in [-0.2, -0.15) is 0 Å². The number of fused-ring (bicyclic) bond motifs is 3. The minimum Gasteiger partial charge on any atom is -0.481 e. The molecular formula is C27H32N2O6. The molecule has 186 valence electrons. The smallest absolute Gasteiger partial charge is 0.407 e. The van der Waals surface area contributed by atoms with E-state index in [1.807, 2.05) is 24.3 Å². The van der Waals surface area contributed by atoms with Gasteiger partial charge in [-0.1, -0.05) is 55.5 Å². The first-order valence-corrected chi connectivity index (χ1v) is 12.1. The van der Waals surface area contributed by atoms with Crippen molar-refractivity contribution in [1.29, 1.82) is 0 Å². The first kappa shape index (κ1) is 24.7. The zero-order chi connectivity index (χ0) is 24.8. The SMILES string of the molecule is CCC(CNC(=O)C1(CNC(=O)OCC2c3ccccc3-c3ccccc32)CCOCC1)C(=O)O. The summed E-state index contributed by atoms with van der Waals surface area (Å²) in [5.74, 6) is -1.90. The van der Waals surface area contributed by atoms with Gasteiger partial charge in [0.25, 0.3) is 0 Å². The van der Waals surface area contributed by atoms with Gasteiger partial charge in [0.2, 0.25) is 5.91 Å². The van der Waals surface area contributed by atoms with Gasteiger partial charge in [-0.25, -0.2) is 4.79 Å². The molecule has 0 radical (unpaired) electrons. The van der Waals surface area contributed by atoms with Crippen molar-refractivity contribution in [3.05, 3.63) is 59.7 Å². The maximum atomic E-state index is 13.1. The van der Waals surface area contributed by atoms with E-state index < -0.39 is 23.4 Å². The lowest BCUT2D eigenvalue weighted by molar-refractivity contribution is -0.142. The molecule has 2 aromatic carbocycles. The van der Waals surface area contributed by atoms with Crippen LogP contribution in [0.1, 0.15) is 43.2 Å². The van der Waals surface area contributed by atoms with E-state index in [9.17, 15) is 19.5 Å². The lowest BCUT2D eigenvalue weighted by atomic mass is 9.79. The van der Waals surface area contributed by atoms with Crippen molar-refractivity contribution in [3.8, 4) is 11.1 Å². The fraction of sp³-hybridized carbons (Fsp3) is 0.444. The normalized spacial score (nSPS) is 17.1. The highest BCUT2D eigenvalue weighted by molar-refractivity contribution is 5.84. The summed E-state index contributed by atoms with van der Waals surface area (Å²) in [5, 5.41) is 14.8. The van der Waals surface area contributed by atoms with Crippen LogP contribution in [-0.4, -0.2) is 56.0 Å². The van der Waals surface area contributed by atoms with Crippen LogP contribution in [-0.2, 0) is 19.1 Å². The van der Waals surface area contributed by atoms with Crippen LogP contribution in [0.15, 0.2) is 48.5 Å². The highest BCUT2D eigenvalue weighted by atomic mass is 16.5. The lowest BCUT2D eigenvalue weighted by Crippen LogP contribution is -2.52. The number of carboxylic acid groups (broad SMARTS) is 1. The Morgan fingerprint density at radius 3 is 2.20 bits per heavy atom. The largest absolute Gasteiger partial charge is 0.481 e. The Morgan fingerprint density at radius 2 is 1.63 bits per heavy atom. The molecule has 0 saturated carbocycles. The molecule has 0 bridgehead atoms. The van der Waals surface area contributed by atoms with E-state index in [2.05, 4.69) is 34.9 Å². The van der Waals surface area contributed by atoms with Crippen LogP contribution in [0.3, 0.4) is 0 Å². The summed E-state index contributed by atoms with van der Waals surface area (Å²) in [5.41, 5.74) is 3.71. The molecule has 8 nitrogen and oxygen atoms in total. The van der Waals surface area contributed by atoms with Gasteiger partial charge in [-0.15, -0.1) is 0 Å². The monoisotopic (exact) mass is 480 g/mol. The highest BCUT2D eigenvalue weighted by Crippen LogP contribution is 2.44. The molecule has 1 fully saturated rings. The van der Waals surface area contributed by atoms with Crippen molar-refractivity contribution in [3.63, 3.8) is 0 Å². The van der Waals surface area contributed by atoms with E-state index in [0.717, 1.165) is 22.3 Å². The predicted molar refractivity (Wildman–Crippen MR) is 130 cm³/mol. The molecule has 2 amide bonds. The summed E-state index contributed by atoms with van der Waals surface area (Å²) in [7, 11) is 0. The van der Waals surface area contributed by atoms with Gasteiger partial charge < -0.3 is 25.2 Å². The number of aliphatic carboxylic acids is 1. The van der Waals surface area contributed by atoms with E-state index >= 15 is 0 Å². The van der Waals surface area contributed by atoms with Gasteiger partial charge in [-0.3, -0.25) is 9.59 Å². The van der Waals surface area contributed by atoms with Crippen LogP contribution in [0.5, 0.6) is 0 Å². The third-order valence-corrected chi connectivity index (χ3v) is 7.20. The number of hydrogen-bond donors (Lipinski definition) is 3. The topological polar surface area (TPSA) is 114 Å². The molecule has 1 heterocycles. The molecule has 35 heavy (non-hydrogen) atoms. The maximum absolute atomic E-state index is 13.1. The number of carbonyl (C=O) groups is 3. The Kier molecular flexibility index (Phi) is 7.70. The number of ether oxygens (including phenoxy) is 2. The molecule has 2 aliphatic rings. The average Bonchev–Trinajstić information content (AvgIpc) is 3.20. The second-order valence-corrected chi connectivity index (χ2v) is 9.23. The van der Waals surface area contributed by atoms with Crippen molar-refractivity contribution in [1.82, 2.24) is 10.6 Å². The summed E-state index contributed by atoms with van der Waals surface area (Å²) < 4.78 is 11.0. The molecule has 8 heteroatoms. The van der Waals surface area contributed by atoms with E-state index in [1.54, 1.807) is 6.92 Å². The van der Waals surface area contributed by atoms with Gasteiger partial charge in [0.15, 0.2) is 0 Å². The van der Waals surface area contributed by atoms with E-state index in [4.69, 9.17) is 9.47 Å². The Labute approximate surface area is 205 Å². The molecule has 1 saturated heterocycles. The van der Waals surface area contributed by atoms with Crippen LogP contribution in [0, 0.1) is 11.3 Å². The Morgan fingerprint density at radius 1 is 1.03 bits per heavy atom. The molecule has 1 unspecified atom stereocenters. The Hall–Kier alpha value is -3.39. The minimum absolute atomic E-state index is 0.0458. The molecule has 0 aromatic heterocycles. The van der Waals surface area contributed by atoms with Crippen molar-refractivity contribution in [2.75, 3.05) is 32.9 Å². The minimum atomic E-state index is -0.939. The van der Waals surface area contributed by atoms with E-state index in [0.29, 0.717) is 32.5 Å². The number of alkyl carbamates (subject to hydrolysis) is 1. The molecule has 0 spiro atoms. The van der Waals surface area contributed by atoms with E-state index in [1.165, 1.54) is 0 Å². The molecule has 4 rings (SSSR count). The summed E-state index contributed by atoms with van der Waals surface area (Å²) in [6.07, 6.45) is 0.713. The third kappa shape index (κ3) is 5.32. The molecule has 1 aliphatic heterocycles. The molecular weight excluding hydrogens is 448 g/mol. The number of benzene rings is 2. The van der Waals surface area contributed by atoms with Gasteiger partial charge in [0.05, 0.1) is 11.3 Å². The molecule has 2 aromatic rings.